The van der Waals surface area contributed by atoms with Gasteiger partial charge in [-0.25, -0.2) is 15.2 Å². The third-order valence-corrected chi connectivity index (χ3v) is 1.22. The number of urea groups is 1. The van der Waals surface area contributed by atoms with E-state index in [1.54, 1.807) is 20.3 Å². The highest BCUT2D eigenvalue weighted by Gasteiger charge is 2.13. The SMILES string of the molecule is CN(C)C(=O)N1C=CCN1. The predicted octanol–water partition coefficient (Wildman–Crippen LogP) is 0.00190. The van der Waals surface area contributed by atoms with Crippen molar-refractivity contribution in [3.05, 3.63) is 12.3 Å². The van der Waals surface area contributed by atoms with Gasteiger partial charge in [0.05, 0.1) is 0 Å². The lowest BCUT2D eigenvalue weighted by Crippen LogP contribution is -2.41. The molecule has 0 unspecified atom stereocenters. The Morgan fingerprint density at radius 2 is 2.40 bits per heavy atom. The molecule has 1 rings (SSSR count). The lowest BCUT2D eigenvalue weighted by atomic mass is 10.6. The molecule has 1 aliphatic heterocycles. The Bertz CT molecular complexity index is 164. The maximum Gasteiger partial charge on any atom is 0.338 e. The molecule has 0 aromatic rings. The zero-order valence-corrected chi connectivity index (χ0v) is 6.16. The summed E-state index contributed by atoms with van der Waals surface area (Å²) in [6, 6.07) is -0.0475. The van der Waals surface area contributed by atoms with E-state index in [9.17, 15) is 4.79 Å². The second-order valence-corrected chi connectivity index (χ2v) is 2.29. The van der Waals surface area contributed by atoms with E-state index in [-0.39, 0.29) is 6.03 Å². The van der Waals surface area contributed by atoms with Crippen molar-refractivity contribution in [3.63, 3.8) is 0 Å². The third kappa shape index (κ3) is 1.27. The van der Waals surface area contributed by atoms with Crippen LogP contribution < -0.4 is 5.43 Å². The second kappa shape index (κ2) is 2.70. The molecule has 0 atom stereocenters. The maximum atomic E-state index is 11.1. The van der Waals surface area contributed by atoms with E-state index >= 15 is 0 Å². The van der Waals surface area contributed by atoms with Gasteiger partial charge in [-0.15, -0.1) is 0 Å². The van der Waals surface area contributed by atoms with Crippen LogP contribution in [-0.2, 0) is 0 Å². The van der Waals surface area contributed by atoms with Crippen molar-refractivity contribution in [3.8, 4) is 0 Å². The lowest BCUT2D eigenvalue weighted by molar-refractivity contribution is 0.177. The first-order valence-corrected chi connectivity index (χ1v) is 3.12. The van der Waals surface area contributed by atoms with Crippen LogP contribution in [0.2, 0.25) is 0 Å². The van der Waals surface area contributed by atoms with E-state index in [0.717, 1.165) is 6.54 Å². The molecule has 0 spiro atoms. The Morgan fingerprint density at radius 1 is 1.70 bits per heavy atom. The smallest absolute Gasteiger partial charge is 0.329 e. The highest BCUT2D eigenvalue weighted by Crippen LogP contribution is 1.96. The number of rotatable bonds is 0. The molecule has 0 saturated heterocycles. The molecular weight excluding hydrogens is 130 g/mol. The largest absolute Gasteiger partial charge is 0.338 e. The summed E-state index contributed by atoms with van der Waals surface area (Å²) in [5.74, 6) is 0. The average molecular weight is 141 g/mol. The van der Waals surface area contributed by atoms with Crippen LogP contribution in [0.1, 0.15) is 0 Å². The number of nitrogens with one attached hydrogen (secondary N) is 1. The number of hydrogen-bond donors (Lipinski definition) is 1. The molecule has 1 heterocycles. The van der Waals surface area contributed by atoms with Gasteiger partial charge in [0.15, 0.2) is 0 Å². The van der Waals surface area contributed by atoms with Gasteiger partial charge in [0.1, 0.15) is 0 Å². The summed E-state index contributed by atoms with van der Waals surface area (Å²) in [5, 5.41) is 1.46. The summed E-state index contributed by atoms with van der Waals surface area (Å²) < 4.78 is 0. The van der Waals surface area contributed by atoms with E-state index in [2.05, 4.69) is 5.43 Å². The fourth-order valence-electron chi connectivity index (χ4n) is 0.709. The van der Waals surface area contributed by atoms with Gasteiger partial charge in [0, 0.05) is 26.8 Å². The highest BCUT2D eigenvalue weighted by molar-refractivity contribution is 5.74. The standard InChI is InChI=1S/C6H11N3O/c1-8(2)6(10)9-5-3-4-7-9/h3,5,7H,4H2,1-2H3. The summed E-state index contributed by atoms with van der Waals surface area (Å²) in [6.45, 7) is 0.736. The summed E-state index contributed by atoms with van der Waals surface area (Å²) >= 11 is 0. The summed E-state index contributed by atoms with van der Waals surface area (Å²) in [5.41, 5.74) is 2.87. The Labute approximate surface area is 60.1 Å². The molecule has 0 bridgehead atoms. The number of hydrazine groups is 1. The van der Waals surface area contributed by atoms with Gasteiger partial charge in [-0.2, -0.15) is 0 Å². The zero-order valence-electron chi connectivity index (χ0n) is 6.16. The van der Waals surface area contributed by atoms with Crippen molar-refractivity contribution in [1.29, 1.82) is 0 Å². The average Bonchev–Trinajstić information content (AvgIpc) is 2.36. The maximum absolute atomic E-state index is 11.1. The van der Waals surface area contributed by atoms with Crippen molar-refractivity contribution >= 4 is 6.03 Å². The molecule has 10 heavy (non-hydrogen) atoms. The molecule has 56 valence electrons. The zero-order chi connectivity index (χ0) is 7.56. The molecule has 0 fully saturated rings. The first-order valence-electron chi connectivity index (χ1n) is 3.12. The van der Waals surface area contributed by atoms with Crippen LogP contribution in [0.25, 0.3) is 0 Å². The van der Waals surface area contributed by atoms with E-state index in [0.29, 0.717) is 0 Å². The molecule has 0 aromatic heterocycles. The molecule has 0 saturated carbocycles. The Balaban J connectivity index is 2.49. The summed E-state index contributed by atoms with van der Waals surface area (Å²) in [6.07, 6.45) is 3.61. The Kier molecular flexibility index (Phi) is 1.91. The van der Waals surface area contributed by atoms with Gasteiger partial charge in [-0.05, 0) is 0 Å². The van der Waals surface area contributed by atoms with Gasteiger partial charge < -0.3 is 4.90 Å². The van der Waals surface area contributed by atoms with Crippen LogP contribution in [0, 0.1) is 0 Å². The summed E-state index contributed by atoms with van der Waals surface area (Å²) in [4.78, 5) is 12.6. The van der Waals surface area contributed by atoms with Crippen LogP contribution in [0.3, 0.4) is 0 Å². The van der Waals surface area contributed by atoms with Gasteiger partial charge in [0.2, 0.25) is 0 Å². The normalized spacial score (nSPS) is 16.0. The van der Waals surface area contributed by atoms with Crippen LogP contribution in [0.4, 0.5) is 4.79 Å². The van der Waals surface area contributed by atoms with Crippen LogP contribution in [0.5, 0.6) is 0 Å². The number of hydrogen-bond acceptors (Lipinski definition) is 2. The molecule has 2 amide bonds. The molecule has 1 N–H and O–H groups in total. The topological polar surface area (TPSA) is 35.6 Å². The monoisotopic (exact) mass is 141 g/mol. The van der Waals surface area contributed by atoms with Gasteiger partial charge in [-0.1, -0.05) is 6.08 Å². The molecule has 0 aromatic carbocycles. The van der Waals surface area contributed by atoms with Crippen molar-refractivity contribution in [2.45, 2.75) is 0 Å². The number of carbonyl (C=O) groups excluding carboxylic acids is 1. The van der Waals surface area contributed by atoms with Crippen molar-refractivity contribution in [2.24, 2.45) is 0 Å². The number of amides is 2. The second-order valence-electron chi connectivity index (χ2n) is 2.29. The molecule has 4 nitrogen and oxygen atoms in total. The molecule has 0 radical (unpaired) electrons. The van der Waals surface area contributed by atoms with Crippen molar-refractivity contribution in [1.82, 2.24) is 15.3 Å². The number of carbonyl (C=O) groups is 1. The minimum Gasteiger partial charge on any atom is -0.329 e. The van der Waals surface area contributed by atoms with Crippen LogP contribution in [-0.4, -0.2) is 36.6 Å². The van der Waals surface area contributed by atoms with E-state index < -0.39 is 0 Å². The van der Waals surface area contributed by atoms with E-state index in [1.165, 1.54) is 9.91 Å². The Morgan fingerprint density at radius 3 is 2.80 bits per heavy atom. The minimum absolute atomic E-state index is 0.0475. The fourth-order valence-corrected chi connectivity index (χ4v) is 0.709. The first-order chi connectivity index (χ1) is 4.72. The Hall–Kier alpha value is -1.03. The molecular formula is C6H11N3O. The highest BCUT2D eigenvalue weighted by atomic mass is 16.2. The van der Waals surface area contributed by atoms with Crippen LogP contribution in [0.15, 0.2) is 12.3 Å². The van der Waals surface area contributed by atoms with Gasteiger partial charge in [-0.3, -0.25) is 0 Å². The van der Waals surface area contributed by atoms with Crippen molar-refractivity contribution < 1.29 is 4.79 Å². The van der Waals surface area contributed by atoms with E-state index in [4.69, 9.17) is 0 Å². The number of nitrogens with zero attached hydrogens (tertiary/aromatic N) is 2. The fraction of sp³-hybridized carbons (Fsp3) is 0.500. The van der Waals surface area contributed by atoms with Gasteiger partial charge >= 0.3 is 6.03 Å². The van der Waals surface area contributed by atoms with Crippen molar-refractivity contribution in [2.75, 3.05) is 20.6 Å². The minimum atomic E-state index is -0.0475. The van der Waals surface area contributed by atoms with Crippen LogP contribution >= 0.6 is 0 Å². The molecule has 4 heteroatoms. The summed E-state index contributed by atoms with van der Waals surface area (Å²) in [7, 11) is 3.44. The molecule has 1 aliphatic rings. The van der Waals surface area contributed by atoms with E-state index in [1.807, 2.05) is 6.08 Å². The third-order valence-electron chi connectivity index (χ3n) is 1.22. The quantitative estimate of drug-likeness (QED) is 0.515. The molecule has 0 aliphatic carbocycles. The lowest BCUT2D eigenvalue weighted by Gasteiger charge is -2.18. The predicted molar refractivity (Wildman–Crippen MR) is 38.1 cm³/mol. The van der Waals surface area contributed by atoms with Gasteiger partial charge in [0.25, 0.3) is 0 Å². The first kappa shape index (κ1) is 7.08.